The number of rotatable bonds is 4. The molecular formula is C18H26N4O2. The van der Waals surface area contributed by atoms with Crippen molar-refractivity contribution < 1.29 is 9.53 Å². The number of piperidine rings is 2. The van der Waals surface area contributed by atoms with Gasteiger partial charge < -0.3 is 14.5 Å². The number of amides is 1. The van der Waals surface area contributed by atoms with E-state index >= 15 is 0 Å². The maximum atomic E-state index is 12.3. The SMILES string of the molecule is COc1cnc(N2CCCC3(CCC(=O)N(CC4CC4)C3)C2)nc1. The molecule has 1 unspecified atom stereocenters. The van der Waals surface area contributed by atoms with Gasteiger partial charge in [0.05, 0.1) is 19.5 Å². The lowest BCUT2D eigenvalue weighted by molar-refractivity contribution is -0.138. The van der Waals surface area contributed by atoms with Gasteiger partial charge in [0.1, 0.15) is 0 Å². The molecule has 1 aromatic rings. The fraction of sp³-hybridized carbons (Fsp3) is 0.722. The molecule has 6 heteroatoms. The predicted octanol–water partition coefficient (Wildman–Crippen LogP) is 2.10. The van der Waals surface area contributed by atoms with Crippen molar-refractivity contribution in [1.82, 2.24) is 14.9 Å². The van der Waals surface area contributed by atoms with Crippen molar-refractivity contribution in [3.8, 4) is 5.75 Å². The number of hydrogen-bond donors (Lipinski definition) is 0. The Labute approximate surface area is 143 Å². The van der Waals surface area contributed by atoms with Crippen molar-refractivity contribution in [3.63, 3.8) is 0 Å². The van der Waals surface area contributed by atoms with Crippen LogP contribution < -0.4 is 9.64 Å². The van der Waals surface area contributed by atoms with Crippen LogP contribution in [0.5, 0.6) is 5.75 Å². The van der Waals surface area contributed by atoms with Crippen molar-refractivity contribution in [2.45, 2.75) is 38.5 Å². The lowest BCUT2D eigenvalue weighted by atomic mass is 9.73. The molecule has 0 radical (unpaired) electrons. The number of ether oxygens (including phenoxy) is 1. The number of carbonyl (C=O) groups is 1. The normalized spacial score (nSPS) is 27.6. The number of hydrogen-bond acceptors (Lipinski definition) is 5. The zero-order valence-electron chi connectivity index (χ0n) is 14.4. The molecule has 1 saturated carbocycles. The van der Waals surface area contributed by atoms with E-state index in [2.05, 4.69) is 19.8 Å². The van der Waals surface area contributed by atoms with Crippen LogP contribution >= 0.6 is 0 Å². The van der Waals surface area contributed by atoms with Crippen LogP contribution in [0.2, 0.25) is 0 Å². The second-order valence-electron chi connectivity index (χ2n) is 7.67. The number of nitrogens with zero attached hydrogens (tertiary/aromatic N) is 4. The Morgan fingerprint density at radius 2 is 2.04 bits per heavy atom. The Balaban J connectivity index is 1.47. The van der Waals surface area contributed by atoms with Crippen molar-refractivity contribution in [2.75, 3.05) is 38.2 Å². The summed E-state index contributed by atoms with van der Waals surface area (Å²) in [5, 5.41) is 0. The topological polar surface area (TPSA) is 58.6 Å². The molecule has 2 saturated heterocycles. The second-order valence-corrected chi connectivity index (χ2v) is 7.67. The third-order valence-corrected chi connectivity index (χ3v) is 5.72. The lowest BCUT2D eigenvalue weighted by Gasteiger charge is -2.48. The average molecular weight is 330 g/mol. The fourth-order valence-corrected chi connectivity index (χ4v) is 4.17. The highest BCUT2D eigenvalue weighted by Gasteiger charge is 2.43. The van der Waals surface area contributed by atoms with Gasteiger partial charge in [-0.2, -0.15) is 0 Å². The van der Waals surface area contributed by atoms with Crippen LogP contribution in [-0.2, 0) is 4.79 Å². The van der Waals surface area contributed by atoms with Crippen LogP contribution in [0.4, 0.5) is 5.95 Å². The highest BCUT2D eigenvalue weighted by Crippen LogP contribution is 2.41. The van der Waals surface area contributed by atoms with Crippen molar-refractivity contribution in [3.05, 3.63) is 12.4 Å². The zero-order valence-corrected chi connectivity index (χ0v) is 14.4. The maximum Gasteiger partial charge on any atom is 0.225 e. The Hall–Kier alpha value is -1.85. The molecule has 4 rings (SSSR count). The smallest absolute Gasteiger partial charge is 0.225 e. The lowest BCUT2D eigenvalue weighted by Crippen LogP contribution is -2.54. The molecule has 1 amide bonds. The van der Waals surface area contributed by atoms with Gasteiger partial charge in [-0.25, -0.2) is 9.97 Å². The quantitative estimate of drug-likeness (QED) is 0.846. The Bertz CT molecular complexity index is 602. The van der Waals surface area contributed by atoms with E-state index < -0.39 is 0 Å². The second kappa shape index (κ2) is 6.22. The molecule has 0 bridgehead atoms. The van der Waals surface area contributed by atoms with Crippen LogP contribution in [0.1, 0.15) is 38.5 Å². The number of anilines is 1. The van der Waals surface area contributed by atoms with Crippen molar-refractivity contribution >= 4 is 11.9 Å². The van der Waals surface area contributed by atoms with Crippen molar-refractivity contribution in [1.29, 1.82) is 0 Å². The third kappa shape index (κ3) is 3.19. The molecule has 1 atom stereocenters. The van der Waals surface area contributed by atoms with Gasteiger partial charge in [0.2, 0.25) is 11.9 Å². The molecule has 6 nitrogen and oxygen atoms in total. The zero-order chi connectivity index (χ0) is 16.6. The first-order chi connectivity index (χ1) is 11.7. The van der Waals surface area contributed by atoms with Crippen LogP contribution in [0.3, 0.4) is 0 Å². The van der Waals surface area contributed by atoms with E-state index in [0.717, 1.165) is 50.9 Å². The van der Waals surface area contributed by atoms with E-state index in [4.69, 9.17) is 4.74 Å². The van der Waals surface area contributed by atoms with E-state index in [0.29, 0.717) is 18.1 Å². The first-order valence-corrected chi connectivity index (χ1v) is 9.06. The number of likely N-dealkylation sites (tertiary alicyclic amines) is 1. The largest absolute Gasteiger partial charge is 0.494 e. The monoisotopic (exact) mass is 330 g/mol. The Kier molecular flexibility index (Phi) is 4.06. The summed E-state index contributed by atoms with van der Waals surface area (Å²) in [7, 11) is 1.63. The van der Waals surface area contributed by atoms with E-state index in [9.17, 15) is 4.79 Å². The summed E-state index contributed by atoms with van der Waals surface area (Å²) in [6.07, 6.45) is 10.1. The van der Waals surface area contributed by atoms with Crippen LogP contribution in [0.25, 0.3) is 0 Å². The maximum absolute atomic E-state index is 12.3. The molecule has 3 heterocycles. The number of carbonyl (C=O) groups excluding carboxylic acids is 1. The first kappa shape index (κ1) is 15.7. The Morgan fingerprint density at radius 3 is 2.75 bits per heavy atom. The van der Waals surface area contributed by atoms with Gasteiger partial charge in [0.15, 0.2) is 5.75 Å². The van der Waals surface area contributed by atoms with E-state index in [1.54, 1.807) is 19.5 Å². The molecule has 24 heavy (non-hydrogen) atoms. The minimum Gasteiger partial charge on any atom is -0.494 e. The van der Waals surface area contributed by atoms with E-state index in [-0.39, 0.29) is 5.41 Å². The summed E-state index contributed by atoms with van der Waals surface area (Å²) in [5.74, 6) is 2.57. The molecular weight excluding hydrogens is 304 g/mol. The van der Waals surface area contributed by atoms with Crippen LogP contribution in [-0.4, -0.2) is 54.1 Å². The summed E-state index contributed by atoms with van der Waals surface area (Å²) >= 11 is 0. The summed E-state index contributed by atoms with van der Waals surface area (Å²) in [5.41, 5.74) is 0.213. The molecule has 1 spiro atoms. The molecule has 2 aliphatic heterocycles. The number of methoxy groups -OCH3 is 1. The average Bonchev–Trinajstić information content (AvgIpc) is 3.43. The molecule has 3 aliphatic rings. The minimum absolute atomic E-state index is 0.213. The molecule has 1 aromatic heterocycles. The highest BCUT2D eigenvalue weighted by atomic mass is 16.5. The van der Waals surface area contributed by atoms with Crippen LogP contribution in [0, 0.1) is 11.3 Å². The van der Waals surface area contributed by atoms with Gasteiger partial charge in [0, 0.05) is 38.0 Å². The first-order valence-electron chi connectivity index (χ1n) is 9.06. The number of aromatic nitrogens is 2. The summed E-state index contributed by atoms with van der Waals surface area (Å²) in [6, 6.07) is 0. The third-order valence-electron chi connectivity index (χ3n) is 5.72. The fourth-order valence-electron chi connectivity index (χ4n) is 4.17. The Morgan fingerprint density at radius 1 is 1.25 bits per heavy atom. The van der Waals surface area contributed by atoms with Gasteiger partial charge in [-0.05, 0) is 38.0 Å². The van der Waals surface area contributed by atoms with Crippen LogP contribution in [0.15, 0.2) is 12.4 Å². The molecule has 1 aliphatic carbocycles. The van der Waals surface area contributed by atoms with Gasteiger partial charge in [0.25, 0.3) is 0 Å². The van der Waals surface area contributed by atoms with E-state index in [1.165, 1.54) is 19.3 Å². The molecule has 3 fully saturated rings. The standard InChI is InChI=1S/C18H26N4O2/c1-24-15-9-19-17(20-10-15)21-8-2-6-18(12-21)7-5-16(23)22(13-18)11-14-3-4-14/h9-10,14H,2-8,11-13H2,1H3. The van der Waals surface area contributed by atoms with Crippen molar-refractivity contribution in [2.24, 2.45) is 11.3 Å². The minimum atomic E-state index is 0.213. The molecule has 0 N–H and O–H groups in total. The summed E-state index contributed by atoms with van der Waals surface area (Å²) in [6.45, 7) is 3.83. The predicted molar refractivity (Wildman–Crippen MR) is 91.0 cm³/mol. The van der Waals surface area contributed by atoms with Gasteiger partial charge in [-0.3, -0.25) is 4.79 Å². The summed E-state index contributed by atoms with van der Waals surface area (Å²) in [4.78, 5) is 25.6. The van der Waals surface area contributed by atoms with Gasteiger partial charge in [-0.1, -0.05) is 0 Å². The van der Waals surface area contributed by atoms with Gasteiger partial charge >= 0.3 is 0 Å². The highest BCUT2D eigenvalue weighted by molar-refractivity contribution is 5.77. The van der Waals surface area contributed by atoms with E-state index in [1.807, 2.05) is 0 Å². The summed E-state index contributed by atoms with van der Waals surface area (Å²) < 4.78 is 5.15. The molecule has 130 valence electrons. The molecule has 0 aromatic carbocycles. The van der Waals surface area contributed by atoms with Gasteiger partial charge in [-0.15, -0.1) is 0 Å².